The van der Waals surface area contributed by atoms with Crippen LogP contribution in [0.1, 0.15) is 6.92 Å². The molecule has 0 bridgehead atoms. The highest BCUT2D eigenvalue weighted by molar-refractivity contribution is 7.89. The van der Waals surface area contributed by atoms with Gasteiger partial charge in [0.05, 0.1) is 18.0 Å². The van der Waals surface area contributed by atoms with Crippen LogP contribution >= 0.6 is 11.3 Å². The molecule has 0 saturated heterocycles. The summed E-state index contributed by atoms with van der Waals surface area (Å²) in [6, 6.07) is 6.60. The molecule has 2 rings (SSSR count). The summed E-state index contributed by atoms with van der Waals surface area (Å²) in [4.78, 5) is 15.9. The fraction of sp³-hybridized carbons (Fsp3) is 0.231. The summed E-state index contributed by atoms with van der Waals surface area (Å²) in [5.41, 5.74) is 1.34. The number of thiazole rings is 1. The fourth-order valence-corrected chi connectivity index (χ4v) is 2.86. The maximum atomic E-state index is 11.7. The Hall–Kier alpha value is -1.97. The second kappa shape index (κ2) is 6.86. The van der Waals surface area contributed by atoms with Gasteiger partial charge in [-0.05, 0) is 19.1 Å². The Morgan fingerprint density at radius 1 is 1.41 bits per heavy atom. The molecular weight excluding hydrogens is 326 g/mol. The van der Waals surface area contributed by atoms with E-state index in [-0.39, 0.29) is 18.0 Å². The van der Waals surface area contributed by atoms with E-state index in [0.717, 1.165) is 5.56 Å². The number of hydrogen-bond donors (Lipinski definition) is 3. The number of phenolic OH excluding ortho intramolecular Hbond substituents is 1. The zero-order valence-electron chi connectivity index (χ0n) is 11.7. The molecule has 1 aromatic heterocycles. The Bertz CT molecular complexity index is 771. The van der Waals surface area contributed by atoms with Crippen LogP contribution in [0.2, 0.25) is 0 Å². The molecule has 22 heavy (non-hydrogen) atoms. The summed E-state index contributed by atoms with van der Waals surface area (Å²) in [5, 5.41) is 14.1. The predicted octanol–water partition coefficient (Wildman–Crippen LogP) is 1.39. The van der Waals surface area contributed by atoms with Crippen LogP contribution in [0.25, 0.3) is 11.3 Å². The van der Waals surface area contributed by atoms with Gasteiger partial charge in [0.25, 0.3) is 0 Å². The van der Waals surface area contributed by atoms with Crippen molar-refractivity contribution in [2.45, 2.75) is 6.92 Å². The number of nitrogens with one attached hydrogen (secondary N) is 2. The van der Waals surface area contributed by atoms with Crippen molar-refractivity contribution in [2.75, 3.05) is 17.6 Å². The van der Waals surface area contributed by atoms with Crippen LogP contribution in [0.4, 0.5) is 5.13 Å². The summed E-state index contributed by atoms with van der Waals surface area (Å²) in [7, 11) is -3.40. The third-order valence-electron chi connectivity index (χ3n) is 2.73. The number of carbonyl (C=O) groups is 1. The molecule has 0 unspecified atom stereocenters. The van der Waals surface area contributed by atoms with Gasteiger partial charge in [0.2, 0.25) is 15.9 Å². The van der Waals surface area contributed by atoms with Gasteiger partial charge in [-0.1, -0.05) is 12.1 Å². The summed E-state index contributed by atoms with van der Waals surface area (Å²) in [6.07, 6.45) is 0. The first-order valence-electron chi connectivity index (χ1n) is 6.42. The van der Waals surface area contributed by atoms with Crippen LogP contribution in [0.15, 0.2) is 29.6 Å². The Balaban J connectivity index is 1.99. The van der Waals surface area contributed by atoms with Crippen molar-refractivity contribution >= 4 is 32.4 Å². The molecule has 118 valence electrons. The first-order chi connectivity index (χ1) is 10.4. The summed E-state index contributed by atoms with van der Waals surface area (Å²) >= 11 is 1.22. The first kappa shape index (κ1) is 16.4. The van der Waals surface area contributed by atoms with Crippen molar-refractivity contribution in [3.05, 3.63) is 29.6 Å². The van der Waals surface area contributed by atoms with Gasteiger partial charge in [-0.25, -0.2) is 18.1 Å². The van der Waals surface area contributed by atoms with E-state index < -0.39 is 15.9 Å². The second-order valence-corrected chi connectivity index (χ2v) is 7.31. The molecule has 0 aliphatic heterocycles. The molecule has 0 spiro atoms. The van der Waals surface area contributed by atoms with E-state index in [0.29, 0.717) is 10.8 Å². The van der Waals surface area contributed by atoms with Gasteiger partial charge in [0, 0.05) is 10.9 Å². The van der Waals surface area contributed by atoms with E-state index in [1.807, 2.05) is 0 Å². The smallest absolute Gasteiger partial charge is 0.241 e. The van der Waals surface area contributed by atoms with E-state index in [1.54, 1.807) is 29.6 Å². The predicted molar refractivity (Wildman–Crippen MR) is 85.3 cm³/mol. The number of aromatic hydroxyl groups is 1. The largest absolute Gasteiger partial charge is 0.508 e. The molecule has 3 N–H and O–H groups in total. The number of sulfonamides is 1. The maximum absolute atomic E-state index is 11.7. The lowest BCUT2D eigenvalue weighted by Crippen LogP contribution is -2.33. The minimum atomic E-state index is -3.40. The molecule has 0 aliphatic carbocycles. The van der Waals surface area contributed by atoms with Crippen LogP contribution in [-0.4, -0.2) is 36.7 Å². The van der Waals surface area contributed by atoms with Crippen molar-refractivity contribution in [1.82, 2.24) is 9.71 Å². The molecule has 0 aliphatic rings. The van der Waals surface area contributed by atoms with Crippen LogP contribution < -0.4 is 10.0 Å². The molecule has 0 radical (unpaired) electrons. The number of aromatic nitrogens is 1. The standard InChI is InChI=1S/C13H15N3O4S2/c1-2-22(19,20)14-7-12(18)16-13-15-11(8-21-13)9-4-3-5-10(17)6-9/h3-6,8,14,17H,2,7H2,1H3,(H,15,16,18). The molecule has 0 atom stereocenters. The van der Waals surface area contributed by atoms with Crippen LogP contribution in [-0.2, 0) is 14.8 Å². The highest BCUT2D eigenvalue weighted by Gasteiger charge is 2.12. The zero-order valence-corrected chi connectivity index (χ0v) is 13.4. The summed E-state index contributed by atoms with van der Waals surface area (Å²) < 4.78 is 24.7. The molecule has 2 aromatic rings. The Kier molecular flexibility index (Phi) is 5.11. The van der Waals surface area contributed by atoms with E-state index in [2.05, 4.69) is 15.0 Å². The molecular formula is C13H15N3O4S2. The number of amides is 1. The van der Waals surface area contributed by atoms with Gasteiger partial charge in [-0.2, -0.15) is 0 Å². The average Bonchev–Trinajstić information content (AvgIpc) is 2.94. The number of nitrogens with zero attached hydrogens (tertiary/aromatic N) is 1. The van der Waals surface area contributed by atoms with Crippen LogP contribution in [0.5, 0.6) is 5.75 Å². The van der Waals surface area contributed by atoms with Crippen LogP contribution in [0.3, 0.4) is 0 Å². The Morgan fingerprint density at radius 2 is 2.18 bits per heavy atom. The van der Waals surface area contributed by atoms with E-state index >= 15 is 0 Å². The van der Waals surface area contributed by atoms with E-state index in [4.69, 9.17) is 0 Å². The molecule has 1 heterocycles. The molecule has 1 aromatic carbocycles. The summed E-state index contributed by atoms with van der Waals surface area (Å²) in [5.74, 6) is -0.446. The van der Waals surface area contributed by atoms with Gasteiger partial charge < -0.3 is 10.4 Å². The highest BCUT2D eigenvalue weighted by atomic mass is 32.2. The number of carbonyl (C=O) groups excluding carboxylic acids is 1. The van der Waals surface area contributed by atoms with Gasteiger partial charge in [-0.3, -0.25) is 4.79 Å². The van der Waals surface area contributed by atoms with Crippen molar-refractivity contribution in [3.63, 3.8) is 0 Å². The lowest BCUT2D eigenvalue weighted by molar-refractivity contribution is -0.115. The number of hydrogen-bond acceptors (Lipinski definition) is 6. The van der Waals surface area contributed by atoms with Crippen LogP contribution in [0, 0.1) is 0 Å². The van der Waals surface area contributed by atoms with Crippen molar-refractivity contribution < 1.29 is 18.3 Å². The minimum absolute atomic E-state index is 0.0841. The SMILES string of the molecule is CCS(=O)(=O)NCC(=O)Nc1nc(-c2cccc(O)c2)cs1. The third kappa shape index (κ3) is 4.52. The molecule has 9 heteroatoms. The first-order valence-corrected chi connectivity index (χ1v) is 8.95. The van der Waals surface area contributed by atoms with Gasteiger partial charge in [-0.15, -0.1) is 11.3 Å². The van der Waals surface area contributed by atoms with Crippen molar-refractivity contribution in [2.24, 2.45) is 0 Å². The van der Waals surface area contributed by atoms with Gasteiger partial charge in [0.1, 0.15) is 5.75 Å². The van der Waals surface area contributed by atoms with Gasteiger partial charge in [0.15, 0.2) is 5.13 Å². The van der Waals surface area contributed by atoms with Gasteiger partial charge >= 0.3 is 0 Å². The normalized spacial score (nSPS) is 11.3. The molecule has 7 nitrogen and oxygen atoms in total. The summed E-state index contributed by atoms with van der Waals surface area (Å²) in [6.45, 7) is 1.15. The molecule has 0 fully saturated rings. The van der Waals surface area contributed by atoms with Crippen molar-refractivity contribution in [3.8, 4) is 17.0 Å². The lowest BCUT2D eigenvalue weighted by atomic mass is 10.2. The number of rotatable bonds is 6. The topological polar surface area (TPSA) is 108 Å². The fourth-order valence-electron chi connectivity index (χ4n) is 1.57. The molecule has 1 amide bonds. The zero-order chi connectivity index (χ0) is 16.2. The number of anilines is 1. The Morgan fingerprint density at radius 3 is 2.86 bits per heavy atom. The third-order valence-corrected chi connectivity index (χ3v) is 4.83. The monoisotopic (exact) mass is 341 g/mol. The lowest BCUT2D eigenvalue weighted by Gasteiger charge is -2.04. The number of phenols is 1. The average molecular weight is 341 g/mol. The van der Waals surface area contributed by atoms with E-state index in [9.17, 15) is 18.3 Å². The second-order valence-electron chi connectivity index (χ2n) is 4.36. The quantitative estimate of drug-likeness (QED) is 0.736. The highest BCUT2D eigenvalue weighted by Crippen LogP contribution is 2.26. The Labute approximate surface area is 132 Å². The maximum Gasteiger partial charge on any atom is 0.241 e. The number of benzene rings is 1. The molecule has 0 saturated carbocycles. The minimum Gasteiger partial charge on any atom is -0.508 e. The van der Waals surface area contributed by atoms with Crippen molar-refractivity contribution in [1.29, 1.82) is 0 Å². The van der Waals surface area contributed by atoms with E-state index in [1.165, 1.54) is 18.3 Å².